The van der Waals surface area contributed by atoms with Crippen LogP contribution in [-0.2, 0) is 0 Å². The number of hydrazone groups is 1. The molecule has 0 bridgehead atoms. The molecule has 140 valence electrons. The van der Waals surface area contributed by atoms with Crippen LogP contribution in [0.3, 0.4) is 0 Å². The topological polar surface area (TPSA) is 34.1 Å². The van der Waals surface area contributed by atoms with Crippen molar-refractivity contribution in [2.24, 2.45) is 5.10 Å². The Kier molecular flexibility index (Phi) is 4.01. The zero-order valence-electron chi connectivity index (χ0n) is 15.4. The molecule has 0 amide bonds. The lowest BCUT2D eigenvalue weighted by Crippen LogP contribution is -2.33. The van der Waals surface area contributed by atoms with Crippen molar-refractivity contribution in [2.75, 3.05) is 7.11 Å². The van der Waals surface area contributed by atoms with Gasteiger partial charge in [-0.25, -0.2) is 9.40 Å². The van der Waals surface area contributed by atoms with Crippen LogP contribution >= 0.6 is 0 Å². The van der Waals surface area contributed by atoms with Gasteiger partial charge < -0.3 is 9.47 Å². The second-order valence-corrected chi connectivity index (χ2v) is 6.93. The SMILES string of the molecule is COc1ccc([C@@H]2Oc3ccccc3[C@@H]3CC(c4ccc(F)cc4)=NN32)cc1. The summed E-state index contributed by atoms with van der Waals surface area (Å²) < 4.78 is 24.9. The summed E-state index contributed by atoms with van der Waals surface area (Å²) in [7, 11) is 1.65. The smallest absolute Gasteiger partial charge is 0.213 e. The molecule has 0 aromatic heterocycles. The first-order valence-electron chi connectivity index (χ1n) is 9.24. The van der Waals surface area contributed by atoms with Crippen LogP contribution in [0.4, 0.5) is 4.39 Å². The number of para-hydroxylation sites is 1. The lowest BCUT2D eigenvalue weighted by molar-refractivity contribution is -0.0190. The van der Waals surface area contributed by atoms with Crippen molar-refractivity contribution in [3.8, 4) is 11.5 Å². The molecule has 0 N–H and O–H groups in total. The molecule has 0 unspecified atom stereocenters. The van der Waals surface area contributed by atoms with E-state index in [0.717, 1.165) is 40.3 Å². The van der Waals surface area contributed by atoms with E-state index in [1.54, 1.807) is 19.2 Å². The van der Waals surface area contributed by atoms with Gasteiger partial charge in [0.25, 0.3) is 0 Å². The Balaban J connectivity index is 1.56. The molecule has 5 rings (SSSR count). The second kappa shape index (κ2) is 6.68. The largest absolute Gasteiger partial charge is 0.497 e. The molecule has 2 heterocycles. The van der Waals surface area contributed by atoms with Crippen LogP contribution in [0.15, 0.2) is 77.9 Å². The zero-order chi connectivity index (χ0) is 19.1. The van der Waals surface area contributed by atoms with Crippen LogP contribution in [-0.4, -0.2) is 17.8 Å². The average molecular weight is 374 g/mol. The van der Waals surface area contributed by atoms with Crippen molar-refractivity contribution >= 4 is 5.71 Å². The third-order valence-electron chi connectivity index (χ3n) is 5.28. The molecule has 5 heteroatoms. The summed E-state index contributed by atoms with van der Waals surface area (Å²) in [5.74, 6) is 1.43. The Hall–Kier alpha value is -3.34. The van der Waals surface area contributed by atoms with Gasteiger partial charge in [0, 0.05) is 17.5 Å². The highest BCUT2D eigenvalue weighted by molar-refractivity contribution is 6.01. The number of hydrogen-bond acceptors (Lipinski definition) is 4. The number of hydrogen-bond donors (Lipinski definition) is 0. The predicted octanol–water partition coefficient (Wildman–Crippen LogP) is 5.08. The van der Waals surface area contributed by atoms with Gasteiger partial charge in [-0.2, -0.15) is 5.10 Å². The van der Waals surface area contributed by atoms with Crippen LogP contribution < -0.4 is 9.47 Å². The quantitative estimate of drug-likeness (QED) is 0.641. The molecule has 0 saturated heterocycles. The van der Waals surface area contributed by atoms with E-state index >= 15 is 0 Å². The second-order valence-electron chi connectivity index (χ2n) is 6.93. The Morgan fingerprint density at radius 3 is 2.50 bits per heavy atom. The highest BCUT2D eigenvalue weighted by Gasteiger charge is 2.40. The molecule has 2 atom stereocenters. The van der Waals surface area contributed by atoms with Gasteiger partial charge in [-0.05, 0) is 48.0 Å². The van der Waals surface area contributed by atoms with E-state index in [9.17, 15) is 4.39 Å². The van der Waals surface area contributed by atoms with Gasteiger partial charge in [-0.1, -0.05) is 30.3 Å². The molecule has 3 aromatic rings. The number of fused-ring (bicyclic) bond motifs is 3. The van der Waals surface area contributed by atoms with E-state index in [4.69, 9.17) is 14.6 Å². The highest BCUT2D eigenvalue weighted by atomic mass is 19.1. The number of benzene rings is 3. The van der Waals surface area contributed by atoms with Crippen molar-refractivity contribution in [3.05, 3.63) is 95.3 Å². The lowest BCUT2D eigenvalue weighted by atomic mass is 9.96. The van der Waals surface area contributed by atoms with E-state index in [1.165, 1.54) is 12.1 Å². The minimum atomic E-state index is -0.330. The first-order chi connectivity index (χ1) is 13.7. The summed E-state index contributed by atoms with van der Waals surface area (Å²) in [6, 6.07) is 22.5. The summed E-state index contributed by atoms with van der Waals surface area (Å²) in [5.41, 5.74) is 3.99. The number of rotatable bonds is 3. The average Bonchev–Trinajstić information content (AvgIpc) is 3.19. The first-order valence-corrected chi connectivity index (χ1v) is 9.24. The molecule has 0 aliphatic carbocycles. The van der Waals surface area contributed by atoms with Crippen molar-refractivity contribution in [2.45, 2.75) is 18.7 Å². The fourth-order valence-electron chi connectivity index (χ4n) is 3.84. The molecule has 0 saturated carbocycles. The Morgan fingerprint density at radius 2 is 1.75 bits per heavy atom. The predicted molar refractivity (Wildman–Crippen MR) is 105 cm³/mol. The fourth-order valence-corrected chi connectivity index (χ4v) is 3.84. The van der Waals surface area contributed by atoms with Crippen molar-refractivity contribution in [1.29, 1.82) is 0 Å². The van der Waals surface area contributed by atoms with Crippen LogP contribution in [0.25, 0.3) is 0 Å². The third kappa shape index (κ3) is 2.80. The molecule has 28 heavy (non-hydrogen) atoms. The summed E-state index contributed by atoms with van der Waals surface area (Å²) in [6.07, 6.45) is 0.419. The highest BCUT2D eigenvalue weighted by Crippen LogP contribution is 2.47. The lowest BCUT2D eigenvalue weighted by Gasteiger charge is -2.38. The molecule has 0 fully saturated rings. The van der Waals surface area contributed by atoms with Gasteiger partial charge in [0.05, 0.1) is 18.9 Å². The molecular weight excluding hydrogens is 355 g/mol. The van der Waals surface area contributed by atoms with Crippen molar-refractivity contribution in [3.63, 3.8) is 0 Å². The first kappa shape index (κ1) is 16.8. The van der Waals surface area contributed by atoms with Crippen molar-refractivity contribution < 1.29 is 13.9 Å². The molecule has 4 nitrogen and oxygen atoms in total. The molecule has 0 radical (unpaired) electrons. The fraction of sp³-hybridized carbons (Fsp3) is 0.174. The van der Waals surface area contributed by atoms with E-state index < -0.39 is 0 Å². The van der Waals surface area contributed by atoms with Gasteiger partial charge in [-0.15, -0.1) is 0 Å². The van der Waals surface area contributed by atoms with E-state index in [-0.39, 0.29) is 18.1 Å². The van der Waals surface area contributed by atoms with E-state index in [2.05, 4.69) is 6.07 Å². The van der Waals surface area contributed by atoms with Gasteiger partial charge in [0.2, 0.25) is 6.23 Å². The monoisotopic (exact) mass is 374 g/mol. The van der Waals surface area contributed by atoms with Gasteiger partial charge >= 0.3 is 0 Å². The molecule has 2 aliphatic heterocycles. The van der Waals surface area contributed by atoms with Gasteiger partial charge in [-0.3, -0.25) is 0 Å². The normalized spacial score (nSPS) is 20.1. The Labute approximate surface area is 162 Å². The summed E-state index contributed by atoms with van der Waals surface area (Å²) >= 11 is 0. The molecule has 3 aromatic carbocycles. The summed E-state index contributed by atoms with van der Waals surface area (Å²) in [4.78, 5) is 0. The maximum absolute atomic E-state index is 13.3. The van der Waals surface area contributed by atoms with Crippen LogP contribution in [0.2, 0.25) is 0 Å². The minimum Gasteiger partial charge on any atom is -0.497 e. The maximum Gasteiger partial charge on any atom is 0.213 e. The van der Waals surface area contributed by atoms with E-state index in [0.29, 0.717) is 0 Å². The van der Waals surface area contributed by atoms with Gasteiger partial charge in [0.1, 0.15) is 17.3 Å². The van der Waals surface area contributed by atoms with Gasteiger partial charge in [0.15, 0.2) is 0 Å². The van der Waals surface area contributed by atoms with Crippen molar-refractivity contribution in [1.82, 2.24) is 5.01 Å². The van der Waals surface area contributed by atoms with E-state index in [1.807, 2.05) is 47.5 Å². The number of halogens is 1. The summed E-state index contributed by atoms with van der Waals surface area (Å²) in [6.45, 7) is 0. The third-order valence-corrected chi connectivity index (χ3v) is 5.28. The number of methoxy groups -OCH3 is 1. The number of ether oxygens (including phenoxy) is 2. The van der Waals surface area contributed by atoms with Crippen LogP contribution in [0.5, 0.6) is 11.5 Å². The minimum absolute atomic E-state index is 0.0807. The van der Waals surface area contributed by atoms with Crippen LogP contribution in [0, 0.1) is 5.82 Å². The zero-order valence-corrected chi connectivity index (χ0v) is 15.4. The summed E-state index contributed by atoms with van der Waals surface area (Å²) in [5, 5.41) is 6.90. The van der Waals surface area contributed by atoms with Crippen LogP contribution in [0.1, 0.15) is 35.4 Å². The maximum atomic E-state index is 13.3. The standard InChI is InChI=1S/C23H19FN2O2/c1-27-18-12-8-16(9-13-18)23-26-21(19-4-2-3-5-22(19)28-23)14-20(25-26)15-6-10-17(24)11-7-15/h2-13,21,23H,14H2,1H3/t21-,23-/m0/s1. The Bertz CT molecular complexity index is 1030. The Morgan fingerprint density at radius 1 is 1.00 bits per heavy atom. The molecular formula is C23H19FN2O2. The number of nitrogens with zero attached hydrogens (tertiary/aromatic N) is 2. The molecule has 2 aliphatic rings. The molecule has 0 spiro atoms.